The van der Waals surface area contributed by atoms with Crippen LogP contribution in [0.5, 0.6) is 0 Å². The van der Waals surface area contributed by atoms with Crippen LogP contribution in [0.2, 0.25) is 0 Å². The van der Waals surface area contributed by atoms with Crippen molar-refractivity contribution < 1.29 is 0 Å². The average molecular weight is 452 g/mol. The van der Waals surface area contributed by atoms with E-state index in [2.05, 4.69) is 83.5 Å². The first-order valence-corrected chi connectivity index (χ1v) is 12.4. The molecule has 5 nitrogen and oxygen atoms in total. The second-order valence-electron chi connectivity index (χ2n) is 9.85. The Kier molecular flexibility index (Phi) is 6.26. The number of pyridine rings is 1. The molecule has 1 fully saturated rings. The van der Waals surface area contributed by atoms with E-state index in [0.717, 1.165) is 67.8 Å². The second-order valence-corrected chi connectivity index (χ2v) is 9.85. The van der Waals surface area contributed by atoms with Gasteiger partial charge in [0.1, 0.15) is 11.9 Å². The third kappa shape index (κ3) is 4.15. The van der Waals surface area contributed by atoms with Crippen molar-refractivity contribution >= 4 is 22.5 Å². The molecule has 1 aliphatic rings. The fraction of sp³-hybridized carbons (Fsp3) is 0.379. The van der Waals surface area contributed by atoms with Gasteiger partial charge >= 0.3 is 0 Å². The summed E-state index contributed by atoms with van der Waals surface area (Å²) in [5.41, 5.74) is 7.29. The predicted molar refractivity (Wildman–Crippen MR) is 139 cm³/mol. The molecule has 2 aromatic heterocycles. The first kappa shape index (κ1) is 22.4. The van der Waals surface area contributed by atoms with Crippen LogP contribution < -0.4 is 4.90 Å². The number of nitriles is 1. The molecule has 0 spiro atoms. The Morgan fingerprint density at radius 3 is 2.38 bits per heavy atom. The zero-order valence-corrected chi connectivity index (χ0v) is 20.5. The van der Waals surface area contributed by atoms with Crippen molar-refractivity contribution in [2.24, 2.45) is 5.92 Å². The van der Waals surface area contributed by atoms with Gasteiger partial charge in [0.05, 0.1) is 16.6 Å². The molecule has 174 valence electrons. The van der Waals surface area contributed by atoms with Gasteiger partial charge in [-0.05, 0) is 54.5 Å². The second kappa shape index (κ2) is 9.48. The zero-order valence-electron chi connectivity index (χ0n) is 20.5. The minimum absolute atomic E-state index is 0.607. The molecule has 0 amide bonds. The van der Waals surface area contributed by atoms with Crippen LogP contribution >= 0.6 is 0 Å². The van der Waals surface area contributed by atoms with Crippen molar-refractivity contribution in [3.63, 3.8) is 0 Å². The van der Waals surface area contributed by atoms with Gasteiger partial charge in [-0.15, -0.1) is 0 Å². The van der Waals surface area contributed by atoms with Crippen LogP contribution in [0.1, 0.15) is 42.5 Å². The molecule has 5 rings (SSSR count). The third-order valence-corrected chi connectivity index (χ3v) is 7.10. The molecule has 0 aliphatic carbocycles. The summed E-state index contributed by atoms with van der Waals surface area (Å²) in [6.45, 7) is 11.6. The van der Waals surface area contributed by atoms with Gasteiger partial charge in [-0.25, -0.2) is 4.98 Å². The number of piperazine rings is 1. The van der Waals surface area contributed by atoms with Crippen LogP contribution in [0.3, 0.4) is 0 Å². The fourth-order valence-electron chi connectivity index (χ4n) is 5.19. The maximum absolute atomic E-state index is 10.1. The SMILES string of the molecule is Cc1c(CCC(C)C)c(N2CCN(Cc3ccccc3)CC2)n2c(nc3ccccc32)c1C#N. The fourth-order valence-corrected chi connectivity index (χ4v) is 5.19. The molecule has 0 N–H and O–H groups in total. The summed E-state index contributed by atoms with van der Waals surface area (Å²) in [6.07, 6.45) is 2.07. The van der Waals surface area contributed by atoms with Crippen molar-refractivity contribution in [1.82, 2.24) is 14.3 Å². The lowest BCUT2D eigenvalue weighted by Gasteiger charge is -2.38. The van der Waals surface area contributed by atoms with E-state index < -0.39 is 0 Å². The predicted octanol–water partition coefficient (Wildman–Crippen LogP) is 5.58. The maximum atomic E-state index is 10.1. The molecule has 0 radical (unpaired) electrons. The lowest BCUT2D eigenvalue weighted by molar-refractivity contribution is 0.249. The summed E-state index contributed by atoms with van der Waals surface area (Å²) in [5.74, 6) is 1.84. The van der Waals surface area contributed by atoms with Gasteiger partial charge in [0.25, 0.3) is 0 Å². The summed E-state index contributed by atoms with van der Waals surface area (Å²) in [4.78, 5) is 9.99. The monoisotopic (exact) mass is 451 g/mol. The van der Waals surface area contributed by atoms with Crippen molar-refractivity contribution in [3.8, 4) is 6.07 Å². The number of benzene rings is 2. The van der Waals surface area contributed by atoms with Gasteiger partial charge in [-0.2, -0.15) is 5.26 Å². The number of fused-ring (bicyclic) bond motifs is 3. The van der Waals surface area contributed by atoms with Crippen LogP contribution in [0.15, 0.2) is 54.6 Å². The maximum Gasteiger partial charge on any atom is 0.157 e. The van der Waals surface area contributed by atoms with E-state index >= 15 is 0 Å². The van der Waals surface area contributed by atoms with Gasteiger partial charge in [-0.3, -0.25) is 9.30 Å². The molecule has 0 bridgehead atoms. The van der Waals surface area contributed by atoms with Gasteiger partial charge < -0.3 is 4.90 Å². The Morgan fingerprint density at radius 2 is 1.68 bits per heavy atom. The molecule has 1 saturated heterocycles. The molecular formula is C29H33N5. The highest BCUT2D eigenvalue weighted by Gasteiger charge is 2.26. The topological polar surface area (TPSA) is 47.6 Å². The molecular weight excluding hydrogens is 418 g/mol. The van der Waals surface area contributed by atoms with Crippen molar-refractivity contribution in [2.75, 3.05) is 31.1 Å². The lowest BCUT2D eigenvalue weighted by Crippen LogP contribution is -2.47. The number of hydrogen-bond donors (Lipinski definition) is 0. The smallest absolute Gasteiger partial charge is 0.157 e. The Bertz CT molecular complexity index is 1340. The Balaban J connectivity index is 1.57. The Labute approximate surface area is 202 Å². The van der Waals surface area contributed by atoms with Gasteiger partial charge in [-0.1, -0.05) is 56.3 Å². The van der Waals surface area contributed by atoms with E-state index in [-0.39, 0.29) is 0 Å². The van der Waals surface area contributed by atoms with E-state index in [1.165, 1.54) is 16.9 Å². The molecule has 34 heavy (non-hydrogen) atoms. The van der Waals surface area contributed by atoms with E-state index in [9.17, 15) is 5.26 Å². The lowest BCUT2D eigenvalue weighted by atomic mass is 9.96. The molecule has 5 heteroatoms. The van der Waals surface area contributed by atoms with Crippen LogP contribution in [0, 0.1) is 24.2 Å². The number of hydrogen-bond acceptors (Lipinski definition) is 4. The first-order valence-electron chi connectivity index (χ1n) is 12.4. The molecule has 0 saturated carbocycles. The number of nitrogens with zero attached hydrogens (tertiary/aromatic N) is 5. The zero-order chi connectivity index (χ0) is 23.7. The summed E-state index contributed by atoms with van der Waals surface area (Å²) < 4.78 is 2.27. The van der Waals surface area contributed by atoms with Crippen molar-refractivity contribution in [2.45, 2.75) is 40.2 Å². The number of para-hydroxylation sites is 2. The minimum Gasteiger partial charge on any atom is -0.355 e. The number of imidazole rings is 1. The molecule has 0 unspecified atom stereocenters. The molecule has 1 aliphatic heterocycles. The van der Waals surface area contributed by atoms with E-state index in [1.54, 1.807) is 0 Å². The van der Waals surface area contributed by atoms with Crippen LogP contribution in [0.25, 0.3) is 16.7 Å². The summed E-state index contributed by atoms with van der Waals surface area (Å²) in [7, 11) is 0. The molecule has 2 aromatic carbocycles. The number of aromatic nitrogens is 2. The van der Waals surface area contributed by atoms with E-state index in [0.29, 0.717) is 11.5 Å². The van der Waals surface area contributed by atoms with Gasteiger partial charge in [0.15, 0.2) is 5.65 Å². The highest BCUT2D eigenvalue weighted by atomic mass is 15.3. The standard InChI is InChI=1S/C29H33N5/c1-21(2)13-14-24-22(3)25(19-30)28-31-26-11-7-8-12-27(26)34(28)29(24)33-17-15-32(16-18-33)20-23-9-5-4-6-10-23/h4-12,21H,13-18,20H2,1-3H3. The normalized spacial score (nSPS) is 14.9. The quantitative estimate of drug-likeness (QED) is 0.384. The van der Waals surface area contributed by atoms with Gasteiger partial charge in [0.2, 0.25) is 0 Å². The number of rotatable bonds is 6. The highest BCUT2D eigenvalue weighted by Crippen LogP contribution is 2.35. The van der Waals surface area contributed by atoms with E-state index in [1.807, 2.05) is 12.1 Å². The van der Waals surface area contributed by atoms with Crippen LogP contribution in [0.4, 0.5) is 5.82 Å². The Morgan fingerprint density at radius 1 is 0.971 bits per heavy atom. The first-order chi connectivity index (χ1) is 16.6. The third-order valence-electron chi connectivity index (χ3n) is 7.10. The molecule has 0 atom stereocenters. The molecule has 3 heterocycles. The average Bonchev–Trinajstić information content (AvgIpc) is 3.22. The largest absolute Gasteiger partial charge is 0.355 e. The van der Waals surface area contributed by atoms with Crippen LogP contribution in [-0.4, -0.2) is 40.5 Å². The Hall–Kier alpha value is -3.36. The van der Waals surface area contributed by atoms with Crippen LogP contribution in [-0.2, 0) is 13.0 Å². The number of anilines is 1. The van der Waals surface area contributed by atoms with E-state index in [4.69, 9.17) is 4.98 Å². The van der Waals surface area contributed by atoms with Gasteiger partial charge in [0, 0.05) is 32.7 Å². The molecule has 4 aromatic rings. The minimum atomic E-state index is 0.607. The summed E-state index contributed by atoms with van der Waals surface area (Å²) in [5, 5.41) is 10.1. The van der Waals surface area contributed by atoms with Crippen molar-refractivity contribution in [1.29, 1.82) is 5.26 Å². The summed E-state index contributed by atoms with van der Waals surface area (Å²) >= 11 is 0. The highest BCUT2D eigenvalue weighted by molar-refractivity contribution is 5.86. The summed E-state index contributed by atoms with van der Waals surface area (Å²) in [6, 6.07) is 21.5. The van der Waals surface area contributed by atoms with Crippen molar-refractivity contribution in [3.05, 3.63) is 76.9 Å².